The van der Waals surface area contributed by atoms with Crippen LogP contribution in [0.4, 0.5) is 0 Å². The molecule has 0 unspecified atom stereocenters. The van der Waals surface area contributed by atoms with Crippen LogP contribution in [-0.4, -0.2) is 43.5 Å². The van der Waals surface area contributed by atoms with E-state index in [1.165, 1.54) is 0 Å². The van der Waals surface area contributed by atoms with Crippen LogP contribution in [0.3, 0.4) is 0 Å². The molecule has 3 rings (SSSR count). The van der Waals surface area contributed by atoms with E-state index in [-0.39, 0.29) is 18.2 Å². The van der Waals surface area contributed by atoms with Gasteiger partial charge in [-0.25, -0.2) is 0 Å². The second kappa shape index (κ2) is 13.2. The van der Waals surface area contributed by atoms with Crippen LogP contribution >= 0.6 is 0 Å². The monoisotopic (exact) mass is 474 g/mol. The predicted octanol–water partition coefficient (Wildman–Crippen LogP) is 4.41. The van der Waals surface area contributed by atoms with E-state index >= 15 is 0 Å². The molecule has 0 aliphatic rings. The van der Waals surface area contributed by atoms with Crippen LogP contribution in [0.2, 0.25) is 0 Å². The molecule has 6 nitrogen and oxygen atoms in total. The zero-order chi connectivity index (χ0) is 25.0. The molecule has 3 aromatic carbocycles. The third-order valence-corrected chi connectivity index (χ3v) is 5.89. The van der Waals surface area contributed by atoms with E-state index in [1.54, 1.807) is 19.1 Å². The van der Waals surface area contributed by atoms with E-state index in [0.29, 0.717) is 37.4 Å². The van der Waals surface area contributed by atoms with Crippen LogP contribution < -0.4 is 14.8 Å². The summed E-state index contributed by atoms with van der Waals surface area (Å²) >= 11 is 0. The first-order chi connectivity index (χ1) is 17.0. The highest BCUT2D eigenvalue weighted by molar-refractivity contribution is 5.88. The fraction of sp³-hybridized carbons (Fsp3) is 0.310. The maximum atomic E-state index is 13.6. The summed E-state index contributed by atoms with van der Waals surface area (Å²) in [6.07, 6.45) is 1.24. The Hall–Kier alpha value is -3.80. The van der Waals surface area contributed by atoms with E-state index in [1.807, 2.05) is 85.8 Å². The molecule has 0 aromatic heterocycles. The molecule has 1 N–H and O–H groups in total. The van der Waals surface area contributed by atoms with Gasteiger partial charge in [0.2, 0.25) is 11.8 Å². The minimum atomic E-state index is -0.615. The Morgan fingerprint density at radius 2 is 1.46 bits per heavy atom. The minimum Gasteiger partial charge on any atom is -0.493 e. The van der Waals surface area contributed by atoms with Crippen molar-refractivity contribution in [3.8, 4) is 11.5 Å². The Bertz CT molecular complexity index is 1090. The highest BCUT2D eigenvalue weighted by Crippen LogP contribution is 2.28. The number of benzene rings is 3. The van der Waals surface area contributed by atoms with Crippen molar-refractivity contribution in [2.75, 3.05) is 20.8 Å². The van der Waals surface area contributed by atoms with Gasteiger partial charge in [-0.2, -0.15) is 0 Å². The summed E-state index contributed by atoms with van der Waals surface area (Å²) in [4.78, 5) is 28.5. The standard InChI is InChI=1S/C29H34N2O4/c1-4-30-29(33)25(19-22-11-7-5-8-12-22)31(21-24-13-9-6-10-14-24)28(32)18-16-23-15-17-26(34-2)27(20-23)35-3/h5-15,17,20,25H,4,16,18-19,21H2,1-3H3,(H,30,33)/t25-/m1/s1. The number of nitrogens with zero attached hydrogens (tertiary/aromatic N) is 1. The topological polar surface area (TPSA) is 67.9 Å². The molecule has 2 amide bonds. The summed E-state index contributed by atoms with van der Waals surface area (Å²) in [5.74, 6) is 1.05. The Balaban J connectivity index is 1.86. The number of hydrogen-bond donors (Lipinski definition) is 1. The van der Waals surface area contributed by atoms with Gasteiger partial charge in [0.25, 0.3) is 0 Å². The average molecular weight is 475 g/mol. The molecule has 1 atom stereocenters. The number of ether oxygens (including phenoxy) is 2. The van der Waals surface area contributed by atoms with Gasteiger partial charge < -0.3 is 19.7 Å². The van der Waals surface area contributed by atoms with Gasteiger partial charge in [-0.15, -0.1) is 0 Å². The number of hydrogen-bond acceptors (Lipinski definition) is 4. The van der Waals surface area contributed by atoms with Crippen molar-refractivity contribution in [1.82, 2.24) is 10.2 Å². The lowest BCUT2D eigenvalue weighted by atomic mass is 10.0. The van der Waals surface area contributed by atoms with Crippen molar-refractivity contribution in [2.45, 2.75) is 38.8 Å². The molecule has 0 fully saturated rings. The van der Waals surface area contributed by atoms with Gasteiger partial charge in [0.15, 0.2) is 11.5 Å². The quantitative estimate of drug-likeness (QED) is 0.422. The molecule has 6 heteroatoms. The van der Waals surface area contributed by atoms with Gasteiger partial charge in [-0.05, 0) is 42.2 Å². The second-order valence-corrected chi connectivity index (χ2v) is 8.30. The van der Waals surface area contributed by atoms with Crippen LogP contribution in [0.1, 0.15) is 30.0 Å². The molecular formula is C29H34N2O4. The van der Waals surface area contributed by atoms with Gasteiger partial charge in [0.05, 0.1) is 14.2 Å². The van der Waals surface area contributed by atoms with E-state index < -0.39 is 6.04 Å². The van der Waals surface area contributed by atoms with Crippen LogP contribution in [0.25, 0.3) is 0 Å². The number of likely N-dealkylation sites (N-methyl/N-ethyl adjacent to an activating group) is 1. The maximum absolute atomic E-state index is 13.6. The van der Waals surface area contributed by atoms with Crippen molar-refractivity contribution in [1.29, 1.82) is 0 Å². The van der Waals surface area contributed by atoms with E-state index in [0.717, 1.165) is 16.7 Å². The maximum Gasteiger partial charge on any atom is 0.243 e. The molecule has 0 saturated carbocycles. The number of carbonyl (C=O) groups is 2. The Morgan fingerprint density at radius 1 is 0.829 bits per heavy atom. The summed E-state index contributed by atoms with van der Waals surface area (Å²) in [5, 5.41) is 2.93. The SMILES string of the molecule is CCNC(=O)[C@@H](Cc1ccccc1)N(Cc1ccccc1)C(=O)CCc1ccc(OC)c(OC)c1. The largest absolute Gasteiger partial charge is 0.493 e. The zero-order valence-corrected chi connectivity index (χ0v) is 20.7. The molecule has 0 heterocycles. The molecule has 0 bridgehead atoms. The van der Waals surface area contributed by atoms with Crippen molar-refractivity contribution in [3.05, 3.63) is 95.6 Å². The van der Waals surface area contributed by atoms with Gasteiger partial charge in [-0.1, -0.05) is 66.7 Å². The predicted molar refractivity (Wildman–Crippen MR) is 137 cm³/mol. The number of nitrogens with one attached hydrogen (secondary N) is 1. The fourth-order valence-electron chi connectivity index (χ4n) is 4.06. The highest BCUT2D eigenvalue weighted by Gasteiger charge is 2.29. The normalized spacial score (nSPS) is 11.4. The summed E-state index contributed by atoms with van der Waals surface area (Å²) in [5.41, 5.74) is 2.96. The molecular weight excluding hydrogens is 440 g/mol. The number of carbonyl (C=O) groups excluding carboxylic acids is 2. The van der Waals surface area contributed by atoms with E-state index in [2.05, 4.69) is 5.32 Å². The number of aryl methyl sites for hydroxylation is 1. The van der Waals surface area contributed by atoms with Crippen molar-refractivity contribution >= 4 is 11.8 Å². The zero-order valence-electron chi connectivity index (χ0n) is 20.7. The van der Waals surface area contributed by atoms with Gasteiger partial charge in [0, 0.05) is 25.9 Å². The molecule has 0 spiro atoms. The first kappa shape index (κ1) is 25.8. The van der Waals surface area contributed by atoms with Crippen LogP contribution in [0, 0.1) is 0 Å². The number of amides is 2. The highest BCUT2D eigenvalue weighted by atomic mass is 16.5. The first-order valence-corrected chi connectivity index (χ1v) is 11.9. The second-order valence-electron chi connectivity index (χ2n) is 8.30. The lowest BCUT2D eigenvalue weighted by Gasteiger charge is -2.31. The summed E-state index contributed by atoms with van der Waals surface area (Å²) < 4.78 is 10.7. The molecule has 3 aromatic rings. The van der Waals surface area contributed by atoms with Crippen LogP contribution in [-0.2, 0) is 29.0 Å². The Kier molecular flexibility index (Phi) is 9.72. The van der Waals surface area contributed by atoms with E-state index in [9.17, 15) is 9.59 Å². The minimum absolute atomic E-state index is 0.0733. The summed E-state index contributed by atoms with van der Waals surface area (Å²) in [6.45, 7) is 2.75. The van der Waals surface area contributed by atoms with Crippen LogP contribution in [0.5, 0.6) is 11.5 Å². The summed E-state index contributed by atoms with van der Waals surface area (Å²) in [7, 11) is 3.19. The molecule has 0 saturated heterocycles. The number of rotatable bonds is 12. The lowest BCUT2D eigenvalue weighted by molar-refractivity contribution is -0.141. The van der Waals surface area contributed by atoms with E-state index in [4.69, 9.17) is 9.47 Å². The molecule has 0 radical (unpaired) electrons. The van der Waals surface area contributed by atoms with Crippen molar-refractivity contribution in [3.63, 3.8) is 0 Å². The smallest absolute Gasteiger partial charge is 0.243 e. The average Bonchev–Trinajstić information content (AvgIpc) is 2.90. The third-order valence-electron chi connectivity index (χ3n) is 5.89. The van der Waals surface area contributed by atoms with Crippen LogP contribution in [0.15, 0.2) is 78.9 Å². The Morgan fingerprint density at radius 3 is 2.06 bits per heavy atom. The molecule has 35 heavy (non-hydrogen) atoms. The number of methoxy groups -OCH3 is 2. The fourth-order valence-corrected chi connectivity index (χ4v) is 4.06. The van der Waals surface area contributed by atoms with Gasteiger partial charge in [0.1, 0.15) is 6.04 Å². The van der Waals surface area contributed by atoms with Gasteiger partial charge in [-0.3, -0.25) is 9.59 Å². The first-order valence-electron chi connectivity index (χ1n) is 11.9. The van der Waals surface area contributed by atoms with Crippen molar-refractivity contribution in [2.24, 2.45) is 0 Å². The third kappa shape index (κ3) is 7.34. The van der Waals surface area contributed by atoms with Crippen molar-refractivity contribution < 1.29 is 19.1 Å². The molecule has 184 valence electrons. The molecule has 0 aliphatic heterocycles. The van der Waals surface area contributed by atoms with Gasteiger partial charge >= 0.3 is 0 Å². The summed E-state index contributed by atoms with van der Waals surface area (Å²) in [6, 6.07) is 24.6. The Labute approximate surface area is 207 Å². The molecule has 0 aliphatic carbocycles. The lowest BCUT2D eigenvalue weighted by Crippen LogP contribution is -2.50.